The summed E-state index contributed by atoms with van der Waals surface area (Å²) in [7, 11) is -4.75. The van der Waals surface area contributed by atoms with Crippen LogP contribution in [0.25, 0.3) is 0 Å². The monoisotopic (exact) mass is 453 g/mol. The lowest BCUT2D eigenvalue weighted by molar-refractivity contribution is -0.274. The van der Waals surface area contributed by atoms with E-state index in [2.05, 4.69) is 20.7 Å². The van der Waals surface area contributed by atoms with Crippen LogP contribution in [0.3, 0.4) is 0 Å². The number of alkyl halides is 3. The van der Waals surface area contributed by atoms with Gasteiger partial charge < -0.3 is 9.64 Å². The molecule has 1 aliphatic heterocycles. The zero-order chi connectivity index (χ0) is 18.3. The van der Waals surface area contributed by atoms with Crippen LogP contribution in [0.2, 0.25) is 5.02 Å². The van der Waals surface area contributed by atoms with Gasteiger partial charge >= 0.3 is 16.6 Å². The number of ether oxygens (including phenoxy) is 1. The molecule has 1 heterocycles. The summed E-state index contributed by atoms with van der Waals surface area (Å²) in [5, 5.41) is -0.208. The number of hydrogen-bond donors (Lipinski definition) is 0. The Kier molecular flexibility index (Phi) is 5.36. The van der Waals surface area contributed by atoms with Crippen LogP contribution in [-0.2, 0) is 15.0 Å². The molecule has 24 heavy (non-hydrogen) atoms. The molecule has 0 bridgehead atoms. The molecule has 1 amide bonds. The van der Waals surface area contributed by atoms with E-state index in [0.29, 0.717) is 0 Å². The van der Waals surface area contributed by atoms with Crippen molar-refractivity contribution in [3.8, 4) is 5.75 Å². The molecule has 1 aromatic rings. The lowest BCUT2D eigenvalue weighted by atomic mass is 10.1. The van der Waals surface area contributed by atoms with E-state index in [9.17, 15) is 30.3 Å². The van der Waals surface area contributed by atoms with Crippen LogP contribution in [0, 0.1) is 5.92 Å². The Labute approximate surface area is 147 Å². The van der Waals surface area contributed by atoms with E-state index in [1.807, 2.05) is 0 Å². The Hall–Kier alpha value is -1.07. The van der Waals surface area contributed by atoms with Crippen molar-refractivity contribution >= 4 is 49.3 Å². The highest BCUT2D eigenvalue weighted by Gasteiger charge is 2.36. The Morgan fingerprint density at radius 3 is 2.50 bits per heavy atom. The summed E-state index contributed by atoms with van der Waals surface area (Å²) in [5.41, 5.74) is 0.0648. The quantitative estimate of drug-likeness (QED) is 0.515. The maximum atomic E-state index is 12.8. The van der Waals surface area contributed by atoms with Gasteiger partial charge in [-0.1, -0.05) is 11.6 Å². The normalized spacial score (nSPS) is 19.0. The Morgan fingerprint density at radius 1 is 1.38 bits per heavy atom. The zero-order valence-electron chi connectivity index (χ0n) is 11.6. The van der Waals surface area contributed by atoms with Gasteiger partial charge in [-0.3, -0.25) is 4.79 Å². The van der Waals surface area contributed by atoms with Gasteiger partial charge in [0.1, 0.15) is 5.75 Å². The van der Waals surface area contributed by atoms with Crippen LogP contribution >= 0.6 is 27.5 Å². The molecule has 1 aliphatic rings. The van der Waals surface area contributed by atoms with Crippen LogP contribution in [0.4, 0.5) is 22.7 Å². The largest absolute Gasteiger partial charge is 0.573 e. The topological polar surface area (TPSA) is 63.7 Å². The molecule has 1 fully saturated rings. The standard InChI is InChI=1S/C12H9BrClF4NO4S/c13-8-2-7(23-12(15,16)17)3-9(14)11(8)19-4-6(1-10(19)20)5-24(18,21)22/h2-3,6H,1,4-5H2. The highest BCUT2D eigenvalue weighted by molar-refractivity contribution is 9.10. The van der Waals surface area contributed by atoms with Crippen LogP contribution in [0.5, 0.6) is 5.75 Å². The van der Waals surface area contributed by atoms with Gasteiger partial charge in [0.15, 0.2) is 0 Å². The first-order valence-corrected chi connectivity index (χ1v) is 9.05. The van der Waals surface area contributed by atoms with Gasteiger partial charge in [0, 0.05) is 29.4 Å². The third-order valence-corrected chi connectivity index (χ3v) is 4.90. The maximum absolute atomic E-state index is 12.8. The third-order valence-electron chi connectivity index (χ3n) is 3.13. The molecule has 0 aromatic heterocycles. The second-order valence-electron chi connectivity index (χ2n) is 5.06. The Morgan fingerprint density at radius 2 is 2.00 bits per heavy atom. The molecule has 1 atom stereocenters. The number of hydrogen-bond acceptors (Lipinski definition) is 4. The number of carbonyl (C=O) groups is 1. The number of rotatable bonds is 4. The second-order valence-corrected chi connectivity index (χ2v) is 7.74. The Balaban J connectivity index is 2.28. The summed E-state index contributed by atoms with van der Waals surface area (Å²) in [6.07, 6.45) is -5.12. The lowest BCUT2D eigenvalue weighted by Gasteiger charge is -2.21. The SMILES string of the molecule is O=C1CC(CS(=O)(=O)F)CN1c1c(Cl)cc(OC(F)(F)F)cc1Br. The molecular formula is C12H9BrClF4NO4S. The number of amides is 1. The van der Waals surface area contributed by atoms with Crippen LogP contribution < -0.4 is 9.64 Å². The number of anilines is 1. The fourth-order valence-corrected chi connectivity index (χ4v) is 4.25. The summed E-state index contributed by atoms with van der Waals surface area (Å²) in [4.78, 5) is 13.1. The van der Waals surface area contributed by atoms with Gasteiger partial charge in [0.2, 0.25) is 5.91 Å². The molecule has 0 N–H and O–H groups in total. The minimum atomic E-state index is -4.91. The molecule has 12 heteroatoms. The molecule has 0 aliphatic carbocycles. The van der Waals surface area contributed by atoms with Gasteiger partial charge in [-0.2, -0.15) is 8.42 Å². The minimum Gasteiger partial charge on any atom is -0.406 e. The molecule has 134 valence electrons. The van der Waals surface area contributed by atoms with Crippen molar-refractivity contribution in [3.63, 3.8) is 0 Å². The van der Waals surface area contributed by atoms with Gasteiger partial charge in [-0.25, -0.2) is 0 Å². The van der Waals surface area contributed by atoms with Crippen molar-refractivity contribution in [2.24, 2.45) is 5.92 Å². The molecule has 0 spiro atoms. The van der Waals surface area contributed by atoms with Gasteiger partial charge in [0.25, 0.3) is 0 Å². The molecular weight excluding hydrogens is 446 g/mol. The van der Waals surface area contributed by atoms with Crippen molar-refractivity contribution in [1.82, 2.24) is 0 Å². The van der Waals surface area contributed by atoms with E-state index >= 15 is 0 Å². The summed E-state index contributed by atoms with van der Waals surface area (Å²) >= 11 is 8.93. The van der Waals surface area contributed by atoms with Crippen LogP contribution in [0.15, 0.2) is 16.6 Å². The lowest BCUT2D eigenvalue weighted by Crippen LogP contribution is -2.26. The van der Waals surface area contributed by atoms with Crippen molar-refractivity contribution in [1.29, 1.82) is 0 Å². The summed E-state index contributed by atoms with van der Waals surface area (Å²) in [6.45, 7) is -0.125. The van der Waals surface area contributed by atoms with E-state index in [1.165, 1.54) is 0 Å². The first kappa shape index (κ1) is 19.3. The molecule has 0 radical (unpaired) electrons. The smallest absolute Gasteiger partial charge is 0.406 e. The highest BCUT2D eigenvalue weighted by Crippen LogP contribution is 2.41. The summed E-state index contributed by atoms with van der Waals surface area (Å²) in [6, 6.07) is 1.85. The molecule has 2 rings (SSSR count). The number of carbonyl (C=O) groups excluding carboxylic acids is 1. The number of benzene rings is 1. The van der Waals surface area contributed by atoms with Gasteiger partial charge in [-0.15, -0.1) is 17.1 Å². The van der Waals surface area contributed by atoms with E-state index in [4.69, 9.17) is 11.6 Å². The Bertz CT molecular complexity index is 748. The predicted molar refractivity (Wildman–Crippen MR) is 81.2 cm³/mol. The third kappa shape index (κ3) is 4.96. The molecule has 1 aromatic carbocycles. The number of halogens is 6. The van der Waals surface area contributed by atoms with Crippen molar-refractivity contribution < 1.29 is 35.0 Å². The van der Waals surface area contributed by atoms with E-state index in [1.54, 1.807) is 0 Å². The highest BCUT2D eigenvalue weighted by atomic mass is 79.9. The van der Waals surface area contributed by atoms with E-state index in [-0.39, 0.29) is 28.1 Å². The van der Waals surface area contributed by atoms with Crippen molar-refractivity contribution in [2.75, 3.05) is 17.2 Å². The van der Waals surface area contributed by atoms with Gasteiger partial charge in [-0.05, 0) is 22.0 Å². The molecule has 0 saturated carbocycles. The zero-order valence-corrected chi connectivity index (χ0v) is 14.8. The predicted octanol–water partition coefficient (Wildman–Crippen LogP) is 3.65. The average Bonchev–Trinajstić information content (AvgIpc) is 2.64. The number of nitrogens with zero attached hydrogens (tertiary/aromatic N) is 1. The fraction of sp³-hybridized carbons (Fsp3) is 0.417. The molecule has 1 unspecified atom stereocenters. The summed E-state index contributed by atoms with van der Waals surface area (Å²) < 4.78 is 74.7. The minimum absolute atomic E-state index is 0.0476. The maximum Gasteiger partial charge on any atom is 0.573 e. The van der Waals surface area contributed by atoms with E-state index in [0.717, 1.165) is 17.0 Å². The molecule has 1 saturated heterocycles. The first-order valence-electron chi connectivity index (χ1n) is 6.33. The van der Waals surface area contributed by atoms with E-state index < -0.39 is 39.9 Å². The van der Waals surface area contributed by atoms with Crippen LogP contribution in [-0.4, -0.2) is 33.0 Å². The fourth-order valence-electron chi connectivity index (χ4n) is 2.38. The summed E-state index contributed by atoms with van der Waals surface area (Å²) in [5.74, 6) is -2.70. The van der Waals surface area contributed by atoms with Crippen molar-refractivity contribution in [3.05, 3.63) is 21.6 Å². The second kappa shape index (κ2) is 6.68. The first-order chi connectivity index (χ1) is 10.9. The van der Waals surface area contributed by atoms with Crippen molar-refractivity contribution in [2.45, 2.75) is 12.8 Å². The molecule has 5 nitrogen and oxygen atoms in total. The van der Waals surface area contributed by atoms with Gasteiger partial charge in [0.05, 0.1) is 16.5 Å². The van der Waals surface area contributed by atoms with Crippen LogP contribution in [0.1, 0.15) is 6.42 Å². The average molecular weight is 455 g/mol.